The molecule has 59 heavy (non-hydrogen) atoms. The molecule has 0 saturated carbocycles. The van der Waals surface area contributed by atoms with Crippen LogP contribution in [0.4, 0.5) is 22.7 Å². The number of hydrogen-bond donors (Lipinski definition) is 8. The van der Waals surface area contributed by atoms with Gasteiger partial charge in [-0.25, -0.2) is 4.79 Å². The van der Waals surface area contributed by atoms with Gasteiger partial charge in [0, 0.05) is 39.1 Å². The molecule has 0 unspecified atom stereocenters. The molecule has 4 atom stereocenters. The smallest absolute Gasteiger partial charge is 0.394 e. The summed E-state index contributed by atoms with van der Waals surface area (Å²) >= 11 is 0. The van der Waals surface area contributed by atoms with E-state index in [4.69, 9.17) is 16.6 Å². The highest BCUT2D eigenvalue weighted by molar-refractivity contribution is 6.39. The number of carbonyl (C=O) groups is 6. The van der Waals surface area contributed by atoms with Crippen molar-refractivity contribution in [1.82, 2.24) is 30.2 Å². The third-order valence-electron chi connectivity index (χ3n) is 9.54. The van der Waals surface area contributed by atoms with Gasteiger partial charge in [-0.1, -0.05) is 13.8 Å². The van der Waals surface area contributed by atoms with Crippen LogP contribution in [0.3, 0.4) is 0 Å². The number of primary amides is 2. The predicted molar refractivity (Wildman–Crippen MR) is 220 cm³/mol. The maximum absolute atomic E-state index is 12.9. The maximum atomic E-state index is 12.9. The largest absolute Gasteiger partial charge is 0.474 e. The zero-order chi connectivity index (χ0) is 43.1. The van der Waals surface area contributed by atoms with Gasteiger partial charge in [0.05, 0.1) is 76.1 Å². The molecule has 0 radical (unpaired) electrons. The first-order valence-corrected chi connectivity index (χ1v) is 18.9. The lowest BCUT2D eigenvalue weighted by Gasteiger charge is -2.38. The number of pyridine rings is 4. The average Bonchev–Trinajstić information content (AvgIpc) is 3.24. The monoisotopic (exact) mass is 810 g/mol. The van der Waals surface area contributed by atoms with Crippen LogP contribution in [-0.2, 0) is 19.2 Å². The van der Waals surface area contributed by atoms with Crippen LogP contribution in [0.1, 0.15) is 83.7 Å². The van der Waals surface area contributed by atoms with E-state index in [9.17, 15) is 28.8 Å². The quantitative estimate of drug-likeness (QED) is 0.119. The molecule has 4 aromatic rings. The third-order valence-corrected chi connectivity index (χ3v) is 9.54. The Morgan fingerprint density at radius 2 is 1.20 bits per heavy atom. The van der Waals surface area contributed by atoms with Gasteiger partial charge in [-0.3, -0.25) is 43.9 Å². The van der Waals surface area contributed by atoms with Gasteiger partial charge < -0.3 is 48.1 Å². The fraction of sp³-hybridized carbons (Fsp3) is 0.350. The second kappa shape index (κ2) is 21.5. The van der Waals surface area contributed by atoms with Crippen molar-refractivity contribution < 1.29 is 33.9 Å². The Morgan fingerprint density at radius 3 is 1.66 bits per heavy atom. The highest BCUT2D eigenvalue weighted by Crippen LogP contribution is 2.33. The number of likely N-dealkylation sites (tertiary alicyclic amines) is 1. The van der Waals surface area contributed by atoms with Gasteiger partial charge in [-0.2, -0.15) is 0 Å². The predicted octanol–water partition coefficient (Wildman–Crippen LogP) is 2.94. The zero-order valence-electron chi connectivity index (χ0n) is 33.3. The second-order valence-corrected chi connectivity index (χ2v) is 14.1. The molecule has 0 bridgehead atoms. The van der Waals surface area contributed by atoms with E-state index < -0.39 is 35.5 Å². The van der Waals surface area contributed by atoms with Crippen LogP contribution in [0.15, 0.2) is 73.6 Å². The van der Waals surface area contributed by atoms with Crippen LogP contribution in [0, 0.1) is 11.8 Å². The minimum absolute atomic E-state index is 0.0817. The van der Waals surface area contributed by atoms with Gasteiger partial charge in [0.1, 0.15) is 0 Å². The minimum Gasteiger partial charge on any atom is -0.474 e. The lowest BCUT2D eigenvalue weighted by molar-refractivity contribution is -0.147. The van der Waals surface area contributed by atoms with Crippen molar-refractivity contribution in [3.8, 4) is 0 Å². The zero-order valence-corrected chi connectivity index (χ0v) is 33.3. The number of carboxylic acid groups (broad SMARTS) is 1. The summed E-state index contributed by atoms with van der Waals surface area (Å²) in [6.45, 7) is 5.92. The van der Waals surface area contributed by atoms with Crippen LogP contribution in [0.2, 0.25) is 0 Å². The number of nitrogens with one attached hydrogen (secondary N) is 5. The number of anilines is 4. The average molecular weight is 811 g/mol. The SMILES string of the molecule is CNc1ccc([C@@H]2CC[C@@H](C)CN2)nc1.CNc1ccc([C@@H]2CC[C@@H](C)CN2C(=O)C(=O)Nc2cncc(C(N)=O)c2)nc1.NC(=O)c1cncc(NC(=O)C(=O)O)c1. The number of nitrogens with two attached hydrogens (primary N) is 2. The van der Waals surface area contributed by atoms with Gasteiger partial charge >= 0.3 is 23.7 Å². The number of carbonyl (C=O) groups excluding carboxylic acids is 5. The number of amides is 5. The summed E-state index contributed by atoms with van der Waals surface area (Å²) < 4.78 is 0. The lowest BCUT2D eigenvalue weighted by atomic mass is 9.92. The summed E-state index contributed by atoms with van der Waals surface area (Å²) in [5.41, 5.74) is 14.6. The van der Waals surface area contributed by atoms with Crippen LogP contribution in [-0.4, -0.2) is 92.6 Å². The van der Waals surface area contributed by atoms with Crippen molar-refractivity contribution in [2.45, 2.75) is 51.6 Å². The van der Waals surface area contributed by atoms with Gasteiger partial charge in [0.15, 0.2) is 0 Å². The maximum Gasteiger partial charge on any atom is 0.394 e. The van der Waals surface area contributed by atoms with Crippen molar-refractivity contribution in [3.63, 3.8) is 0 Å². The standard InChI is InChI=1S/C20H24N6O3.C12H19N3.C8H7N3O4/c1-12-3-6-17(16-5-4-14(22-2)10-24-16)26(11-12)20(29)19(28)25-15-7-13(18(21)27)8-23-9-15;1-9-3-5-11(14-7-9)12-6-4-10(13-2)8-15-12;9-6(12)4-1-5(3-10-2-4)11-7(13)8(14)15/h4-5,7-10,12,17,22H,3,6,11H2,1-2H3,(H2,21,27)(H,25,28);4,6,8-9,11,13-14H,3,5,7H2,1-2H3;1-3H,(H2,9,12)(H,11,13)(H,14,15)/t12-,17+;9-,11+;/m11./s1. The Balaban J connectivity index is 0.000000215. The molecule has 0 aliphatic carbocycles. The molecular formula is C40H50N12O7. The van der Waals surface area contributed by atoms with E-state index in [1.807, 2.05) is 37.6 Å². The van der Waals surface area contributed by atoms with Gasteiger partial charge in [0.2, 0.25) is 11.8 Å². The molecule has 6 rings (SSSR count). The summed E-state index contributed by atoms with van der Waals surface area (Å²) in [5.74, 6) is -4.57. The van der Waals surface area contributed by atoms with E-state index in [1.54, 1.807) is 18.1 Å². The Labute approximate surface area is 341 Å². The van der Waals surface area contributed by atoms with E-state index in [0.717, 1.165) is 42.4 Å². The molecule has 0 spiro atoms. The Bertz CT molecular complexity index is 2090. The first-order valence-electron chi connectivity index (χ1n) is 18.9. The number of aromatic nitrogens is 4. The van der Waals surface area contributed by atoms with E-state index in [-0.39, 0.29) is 34.5 Å². The Morgan fingerprint density at radius 1 is 0.678 bits per heavy atom. The van der Waals surface area contributed by atoms with Crippen molar-refractivity contribution in [3.05, 3.63) is 96.1 Å². The lowest BCUT2D eigenvalue weighted by Crippen LogP contribution is -2.46. The van der Waals surface area contributed by atoms with E-state index in [2.05, 4.69) is 60.3 Å². The summed E-state index contributed by atoms with van der Waals surface area (Å²) in [6.07, 6.45) is 12.8. The fourth-order valence-electron chi connectivity index (χ4n) is 6.23. The topological polar surface area (TPSA) is 290 Å². The molecule has 312 valence electrons. The number of aliphatic carboxylic acids is 1. The molecule has 2 fully saturated rings. The Kier molecular flexibility index (Phi) is 16.3. The summed E-state index contributed by atoms with van der Waals surface area (Å²) in [6, 6.07) is 10.7. The molecule has 6 heterocycles. The van der Waals surface area contributed by atoms with Crippen LogP contribution < -0.4 is 38.1 Å². The van der Waals surface area contributed by atoms with Crippen molar-refractivity contribution in [1.29, 1.82) is 0 Å². The van der Waals surface area contributed by atoms with Crippen molar-refractivity contribution in [2.24, 2.45) is 23.3 Å². The summed E-state index contributed by atoms with van der Waals surface area (Å²) in [4.78, 5) is 86.5. The van der Waals surface area contributed by atoms with E-state index in [1.165, 1.54) is 55.5 Å². The molecule has 10 N–H and O–H groups in total. The fourth-order valence-corrected chi connectivity index (χ4v) is 6.23. The minimum atomic E-state index is -1.63. The number of hydrogen-bond acceptors (Lipinski definition) is 13. The van der Waals surface area contributed by atoms with Crippen LogP contribution >= 0.6 is 0 Å². The summed E-state index contributed by atoms with van der Waals surface area (Å²) in [5, 5.41) is 22.5. The molecule has 4 aromatic heterocycles. The molecule has 19 heteroatoms. The van der Waals surface area contributed by atoms with E-state index in [0.29, 0.717) is 12.6 Å². The highest BCUT2D eigenvalue weighted by Gasteiger charge is 2.35. The molecule has 19 nitrogen and oxygen atoms in total. The first-order chi connectivity index (χ1) is 28.2. The number of rotatable bonds is 8. The number of piperidine rings is 2. The van der Waals surface area contributed by atoms with Gasteiger partial charge in [-0.15, -0.1) is 0 Å². The van der Waals surface area contributed by atoms with Crippen molar-refractivity contribution >= 4 is 58.3 Å². The third kappa shape index (κ3) is 13.3. The Hall–Kier alpha value is -7.02. The summed E-state index contributed by atoms with van der Waals surface area (Å²) in [7, 11) is 3.72. The second-order valence-electron chi connectivity index (χ2n) is 14.1. The highest BCUT2D eigenvalue weighted by atomic mass is 16.4. The molecule has 5 amide bonds. The normalized spacial score (nSPS) is 18.3. The molecular weight excluding hydrogens is 761 g/mol. The van der Waals surface area contributed by atoms with Crippen LogP contribution in [0.5, 0.6) is 0 Å². The molecule has 0 aromatic carbocycles. The van der Waals surface area contributed by atoms with E-state index >= 15 is 0 Å². The molecule has 2 aliphatic heterocycles. The van der Waals surface area contributed by atoms with Crippen molar-refractivity contribution in [2.75, 3.05) is 48.5 Å². The van der Waals surface area contributed by atoms with Crippen LogP contribution in [0.25, 0.3) is 0 Å². The van der Waals surface area contributed by atoms with Gasteiger partial charge in [0.25, 0.3) is 0 Å². The molecule has 2 saturated heterocycles. The first kappa shape index (κ1) is 44.7. The molecule has 2 aliphatic rings. The number of carboxylic acids is 1. The number of nitrogens with zero attached hydrogens (tertiary/aromatic N) is 5. The van der Waals surface area contributed by atoms with Gasteiger partial charge in [-0.05, 0) is 80.5 Å².